The molecule has 0 fully saturated rings. The Morgan fingerprint density at radius 3 is 2.71 bits per heavy atom. The molecule has 1 aromatic heterocycles. The fourth-order valence-electron chi connectivity index (χ4n) is 2.50. The summed E-state index contributed by atoms with van der Waals surface area (Å²) in [7, 11) is 1.64. The number of aryl methyl sites for hydroxylation is 2. The van der Waals surface area contributed by atoms with Crippen molar-refractivity contribution < 1.29 is 9.13 Å². The number of nitrogens with zero attached hydrogens (tertiary/aromatic N) is 2. The van der Waals surface area contributed by atoms with Crippen LogP contribution in [0.25, 0.3) is 0 Å². The second kappa shape index (κ2) is 6.72. The third-order valence-corrected chi connectivity index (χ3v) is 3.56. The van der Waals surface area contributed by atoms with Gasteiger partial charge in [-0.2, -0.15) is 5.10 Å². The molecule has 0 aliphatic rings. The van der Waals surface area contributed by atoms with Crippen molar-refractivity contribution in [2.24, 2.45) is 0 Å². The van der Waals surface area contributed by atoms with Gasteiger partial charge in [-0.3, -0.25) is 4.68 Å². The van der Waals surface area contributed by atoms with Crippen LogP contribution in [-0.4, -0.2) is 23.4 Å². The van der Waals surface area contributed by atoms with Gasteiger partial charge in [0.1, 0.15) is 11.5 Å². The van der Waals surface area contributed by atoms with E-state index in [9.17, 15) is 4.39 Å². The zero-order chi connectivity index (χ0) is 15.4. The molecular weight excluding hydrogens is 269 g/mol. The Morgan fingerprint density at radius 2 is 2.14 bits per heavy atom. The second-order valence-electron chi connectivity index (χ2n) is 4.91. The molecule has 0 saturated carbocycles. The first kappa shape index (κ1) is 15.5. The maximum Gasteiger partial charge on any atom is 0.161 e. The van der Waals surface area contributed by atoms with Crippen LogP contribution in [0.3, 0.4) is 0 Å². The summed E-state index contributed by atoms with van der Waals surface area (Å²) in [5, 5.41) is 7.79. The summed E-state index contributed by atoms with van der Waals surface area (Å²) < 4.78 is 20.9. The molecule has 2 aromatic rings. The molecule has 1 atom stereocenters. The number of benzene rings is 1. The second-order valence-corrected chi connectivity index (χ2v) is 4.91. The molecule has 1 unspecified atom stereocenters. The van der Waals surface area contributed by atoms with E-state index in [0.717, 1.165) is 30.1 Å². The smallest absolute Gasteiger partial charge is 0.161 e. The highest BCUT2D eigenvalue weighted by atomic mass is 19.1. The van der Waals surface area contributed by atoms with E-state index in [1.165, 1.54) is 6.07 Å². The SMILES string of the molecule is CCNC(c1ccc(F)c(C)c1)c1c(OC)cnn1CC. The van der Waals surface area contributed by atoms with Gasteiger partial charge in [0, 0.05) is 6.54 Å². The number of ether oxygens (including phenoxy) is 1. The number of nitrogens with one attached hydrogen (secondary N) is 1. The molecule has 21 heavy (non-hydrogen) atoms. The maximum absolute atomic E-state index is 13.5. The van der Waals surface area contributed by atoms with E-state index in [2.05, 4.69) is 10.4 Å². The Labute approximate surface area is 124 Å². The lowest BCUT2D eigenvalue weighted by Gasteiger charge is -2.21. The van der Waals surface area contributed by atoms with Crippen LogP contribution in [0.5, 0.6) is 5.75 Å². The fraction of sp³-hybridized carbons (Fsp3) is 0.438. The Hall–Kier alpha value is -1.88. The van der Waals surface area contributed by atoms with Gasteiger partial charge in [-0.25, -0.2) is 4.39 Å². The number of methoxy groups -OCH3 is 1. The van der Waals surface area contributed by atoms with Crippen LogP contribution in [0.1, 0.15) is 36.7 Å². The first-order valence-corrected chi connectivity index (χ1v) is 7.21. The zero-order valence-electron chi connectivity index (χ0n) is 13.0. The summed E-state index contributed by atoms with van der Waals surface area (Å²) in [5.41, 5.74) is 2.61. The topological polar surface area (TPSA) is 39.1 Å². The predicted octanol–water partition coefficient (Wildman–Crippen LogP) is 3.06. The maximum atomic E-state index is 13.5. The largest absolute Gasteiger partial charge is 0.493 e. The van der Waals surface area contributed by atoms with Gasteiger partial charge >= 0.3 is 0 Å². The van der Waals surface area contributed by atoms with Crippen LogP contribution in [0.4, 0.5) is 4.39 Å². The average molecular weight is 291 g/mol. The van der Waals surface area contributed by atoms with Crippen LogP contribution >= 0.6 is 0 Å². The number of aromatic nitrogens is 2. The van der Waals surface area contributed by atoms with Crippen molar-refractivity contribution in [3.63, 3.8) is 0 Å². The molecule has 2 rings (SSSR count). The van der Waals surface area contributed by atoms with Gasteiger partial charge in [-0.15, -0.1) is 0 Å². The van der Waals surface area contributed by atoms with Crippen molar-refractivity contribution in [1.82, 2.24) is 15.1 Å². The summed E-state index contributed by atoms with van der Waals surface area (Å²) >= 11 is 0. The third kappa shape index (κ3) is 3.08. The summed E-state index contributed by atoms with van der Waals surface area (Å²) in [6.07, 6.45) is 1.72. The van der Waals surface area contributed by atoms with Crippen molar-refractivity contribution in [3.05, 3.63) is 47.0 Å². The van der Waals surface area contributed by atoms with Crippen molar-refractivity contribution >= 4 is 0 Å². The van der Waals surface area contributed by atoms with Gasteiger partial charge in [0.05, 0.1) is 19.3 Å². The minimum absolute atomic E-state index is 0.0771. The molecule has 0 aliphatic carbocycles. The van der Waals surface area contributed by atoms with Gasteiger partial charge in [-0.05, 0) is 37.6 Å². The summed E-state index contributed by atoms with van der Waals surface area (Å²) in [6, 6.07) is 5.11. The molecule has 1 N–H and O–H groups in total. The highest BCUT2D eigenvalue weighted by Crippen LogP contribution is 2.30. The van der Waals surface area contributed by atoms with Crippen molar-refractivity contribution in [2.75, 3.05) is 13.7 Å². The molecule has 114 valence electrons. The van der Waals surface area contributed by atoms with Gasteiger partial charge in [-0.1, -0.05) is 19.1 Å². The number of hydrogen-bond donors (Lipinski definition) is 1. The van der Waals surface area contributed by atoms with Crippen molar-refractivity contribution in [1.29, 1.82) is 0 Å². The Morgan fingerprint density at radius 1 is 1.38 bits per heavy atom. The summed E-state index contributed by atoms with van der Waals surface area (Å²) in [5.74, 6) is 0.551. The highest BCUT2D eigenvalue weighted by Gasteiger charge is 2.23. The lowest BCUT2D eigenvalue weighted by Crippen LogP contribution is -2.25. The quantitative estimate of drug-likeness (QED) is 0.889. The number of hydrogen-bond acceptors (Lipinski definition) is 3. The molecule has 4 nitrogen and oxygen atoms in total. The molecule has 0 bridgehead atoms. The van der Waals surface area contributed by atoms with Crippen LogP contribution in [0.2, 0.25) is 0 Å². The minimum atomic E-state index is -0.190. The van der Waals surface area contributed by atoms with Crippen molar-refractivity contribution in [3.8, 4) is 5.75 Å². The van der Waals surface area contributed by atoms with Crippen LogP contribution in [0, 0.1) is 12.7 Å². The molecule has 5 heteroatoms. The number of rotatable bonds is 6. The van der Waals surface area contributed by atoms with E-state index in [4.69, 9.17) is 4.74 Å². The first-order valence-electron chi connectivity index (χ1n) is 7.21. The fourth-order valence-corrected chi connectivity index (χ4v) is 2.50. The average Bonchev–Trinajstić information content (AvgIpc) is 2.90. The molecule has 1 heterocycles. The molecule has 0 radical (unpaired) electrons. The van der Waals surface area contributed by atoms with E-state index in [-0.39, 0.29) is 11.9 Å². The Balaban J connectivity index is 2.52. The highest BCUT2D eigenvalue weighted by molar-refractivity contribution is 5.38. The minimum Gasteiger partial charge on any atom is -0.493 e. The number of halogens is 1. The van der Waals surface area contributed by atoms with Gasteiger partial charge in [0.2, 0.25) is 0 Å². The summed E-state index contributed by atoms with van der Waals surface area (Å²) in [4.78, 5) is 0. The van der Waals surface area contributed by atoms with E-state index in [0.29, 0.717) is 5.56 Å². The van der Waals surface area contributed by atoms with Gasteiger partial charge < -0.3 is 10.1 Å². The molecule has 0 aliphatic heterocycles. The normalized spacial score (nSPS) is 12.4. The Kier molecular flexibility index (Phi) is 4.96. The first-order chi connectivity index (χ1) is 10.1. The van der Waals surface area contributed by atoms with E-state index in [1.54, 1.807) is 20.2 Å². The van der Waals surface area contributed by atoms with Crippen LogP contribution in [-0.2, 0) is 6.54 Å². The molecule has 0 saturated heterocycles. The molecule has 0 amide bonds. The summed E-state index contributed by atoms with van der Waals surface area (Å²) in [6.45, 7) is 7.40. The molecule has 1 aromatic carbocycles. The van der Waals surface area contributed by atoms with Crippen LogP contribution < -0.4 is 10.1 Å². The standard InChI is InChI=1S/C16H22FN3O/c1-5-18-15(12-7-8-13(17)11(3)9-12)16-14(21-4)10-19-20(16)6-2/h7-10,15,18H,5-6H2,1-4H3. The zero-order valence-corrected chi connectivity index (χ0v) is 13.0. The van der Waals surface area contributed by atoms with Crippen molar-refractivity contribution in [2.45, 2.75) is 33.4 Å². The lowest BCUT2D eigenvalue weighted by molar-refractivity contribution is 0.399. The predicted molar refractivity (Wildman–Crippen MR) is 81.1 cm³/mol. The third-order valence-electron chi connectivity index (χ3n) is 3.56. The van der Waals surface area contributed by atoms with Crippen LogP contribution in [0.15, 0.2) is 24.4 Å². The van der Waals surface area contributed by atoms with Gasteiger partial charge in [0.15, 0.2) is 5.75 Å². The molecule has 0 spiro atoms. The van der Waals surface area contributed by atoms with E-state index in [1.807, 2.05) is 30.7 Å². The lowest BCUT2D eigenvalue weighted by atomic mass is 10.0. The molecular formula is C16H22FN3O. The van der Waals surface area contributed by atoms with Gasteiger partial charge in [0.25, 0.3) is 0 Å². The van der Waals surface area contributed by atoms with E-state index >= 15 is 0 Å². The monoisotopic (exact) mass is 291 g/mol. The van der Waals surface area contributed by atoms with E-state index < -0.39 is 0 Å². The Bertz CT molecular complexity index is 588.